The van der Waals surface area contributed by atoms with Crippen LogP contribution in [0.4, 0.5) is 0 Å². The second kappa shape index (κ2) is 7.40. The average molecular weight is 381 g/mol. The molecule has 2 aromatic carbocycles. The topological polar surface area (TPSA) is 84.1 Å². The van der Waals surface area contributed by atoms with Gasteiger partial charge < -0.3 is 10.0 Å². The van der Waals surface area contributed by atoms with Crippen LogP contribution >= 0.6 is 11.8 Å². The maximum Gasteiger partial charge on any atom is 0.236 e. The van der Waals surface area contributed by atoms with E-state index in [2.05, 4.69) is 27.7 Å². The molecule has 1 aliphatic rings. The lowest BCUT2D eigenvalue weighted by atomic mass is 10.00. The maximum atomic E-state index is 12.9. The molecule has 1 amide bonds. The van der Waals surface area contributed by atoms with E-state index >= 15 is 0 Å². The Hall–Kier alpha value is -2.87. The molecule has 138 valence electrons. The monoisotopic (exact) mass is 381 g/mol. The smallest absolute Gasteiger partial charge is 0.236 e. The van der Waals surface area contributed by atoms with Crippen LogP contribution in [0.5, 0.6) is 5.75 Å². The molecule has 3 aromatic rings. The zero-order valence-electron chi connectivity index (χ0n) is 14.8. The number of amides is 1. The summed E-state index contributed by atoms with van der Waals surface area (Å²) in [6.07, 6.45) is 0.880. The van der Waals surface area contributed by atoms with E-state index in [9.17, 15) is 9.90 Å². The van der Waals surface area contributed by atoms with Gasteiger partial charge in [0.1, 0.15) is 5.75 Å². The lowest BCUT2D eigenvalue weighted by Gasteiger charge is -2.30. The molecule has 1 aliphatic heterocycles. The number of phenols is 1. The number of carbonyl (C=O) groups excluding carboxylic acids is 1. The van der Waals surface area contributed by atoms with Crippen molar-refractivity contribution in [2.75, 3.05) is 6.54 Å². The number of hydrogen-bond acceptors (Lipinski definition) is 6. The molecule has 0 saturated carbocycles. The standard InChI is InChI=1S/C19H19N5O2S/c1-13(18(26)23-11-10-14-4-2-3-5-15(14)12-23)27-19-20-21-22-24(19)16-6-8-17(25)9-7-16/h2-9,13,25H,10-12H2,1H3. The molecule has 8 heteroatoms. The highest BCUT2D eigenvalue weighted by molar-refractivity contribution is 8.00. The van der Waals surface area contributed by atoms with Gasteiger partial charge in [-0.2, -0.15) is 4.68 Å². The van der Waals surface area contributed by atoms with Gasteiger partial charge in [-0.15, -0.1) is 5.10 Å². The van der Waals surface area contributed by atoms with Crippen LogP contribution < -0.4 is 0 Å². The lowest BCUT2D eigenvalue weighted by molar-refractivity contribution is -0.131. The number of phenolic OH excluding ortho intramolecular Hbond substituents is 1. The van der Waals surface area contributed by atoms with Gasteiger partial charge in [0.2, 0.25) is 11.1 Å². The Morgan fingerprint density at radius 3 is 2.67 bits per heavy atom. The summed E-state index contributed by atoms with van der Waals surface area (Å²) in [5.74, 6) is 0.254. The molecular weight excluding hydrogens is 362 g/mol. The predicted octanol–water partition coefficient (Wildman–Crippen LogP) is 2.43. The van der Waals surface area contributed by atoms with Gasteiger partial charge in [-0.3, -0.25) is 4.79 Å². The van der Waals surface area contributed by atoms with E-state index < -0.39 is 0 Å². The van der Waals surface area contributed by atoms with E-state index in [1.165, 1.54) is 22.9 Å². The molecule has 1 aromatic heterocycles. The fourth-order valence-electron chi connectivity index (χ4n) is 3.16. The van der Waals surface area contributed by atoms with Crippen molar-refractivity contribution in [1.29, 1.82) is 0 Å². The molecule has 1 N–H and O–H groups in total. The SMILES string of the molecule is CC(Sc1nnnn1-c1ccc(O)cc1)C(=O)N1CCc2ccccc2C1. The molecule has 27 heavy (non-hydrogen) atoms. The molecule has 1 unspecified atom stereocenters. The van der Waals surface area contributed by atoms with Crippen molar-refractivity contribution >= 4 is 17.7 Å². The van der Waals surface area contributed by atoms with Crippen molar-refractivity contribution in [2.45, 2.75) is 30.3 Å². The Morgan fingerprint density at radius 2 is 1.89 bits per heavy atom. The summed E-state index contributed by atoms with van der Waals surface area (Å²) < 4.78 is 1.57. The number of benzene rings is 2. The lowest BCUT2D eigenvalue weighted by Crippen LogP contribution is -2.40. The number of tetrazole rings is 1. The number of thioether (sulfide) groups is 1. The van der Waals surface area contributed by atoms with Gasteiger partial charge >= 0.3 is 0 Å². The number of aromatic nitrogens is 4. The first-order valence-electron chi connectivity index (χ1n) is 8.72. The Labute approximate surface area is 161 Å². The quantitative estimate of drug-likeness (QED) is 0.699. The highest BCUT2D eigenvalue weighted by Gasteiger charge is 2.26. The van der Waals surface area contributed by atoms with Crippen molar-refractivity contribution in [3.63, 3.8) is 0 Å². The van der Waals surface area contributed by atoms with Crippen LogP contribution in [0.15, 0.2) is 53.7 Å². The first-order chi connectivity index (χ1) is 13.1. The summed E-state index contributed by atoms with van der Waals surface area (Å²) in [5.41, 5.74) is 3.26. The molecule has 0 fully saturated rings. The number of carbonyl (C=O) groups is 1. The summed E-state index contributed by atoms with van der Waals surface area (Å²) in [5, 5.41) is 21.5. The normalized spacial score (nSPS) is 14.6. The third kappa shape index (κ3) is 3.66. The number of nitrogens with zero attached hydrogens (tertiary/aromatic N) is 5. The summed E-state index contributed by atoms with van der Waals surface area (Å²) in [4.78, 5) is 14.8. The van der Waals surface area contributed by atoms with Crippen LogP contribution in [-0.4, -0.2) is 47.9 Å². The molecule has 2 heterocycles. The van der Waals surface area contributed by atoms with Crippen LogP contribution in [0.3, 0.4) is 0 Å². The first-order valence-corrected chi connectivity index (χ1v) is 9.60. The molecule has 0 bridgehead atoms. The highest BCUT2D eigenvalue weighted by atomic mass is 32.2. The number of aromatic hydroxyl groups is 1. The molecule has 7 nitrogen and oxygen atoms in total. The third-order valence-electron chi connectivity index (χ3n) is 4.61. The number of hydrogen-bond donors (Lipinski definition) is 1. The molecule has 1 atom stereocenters. The fourth-order valence-corrected chi connectivity index (χ4v) is 4.05. The first kappa shape index (κ1) is 17.5. The summed E-state index contributed by atoms with van der Waals surface area (Å²) in [6.45, 7) is 3.25. The fraction of sp³-hybridized carbons (Fsp3) is 0.263. The van der Waals surface area contributed by atoms with E-state index in [-0.39, 0.29) is 16.9 Å². The van der Waals surface area contributed by atoms with Gasteiger partial charge in [-0.25, -0.2) is 0 Å². The van der Waals surface area contributed by atoms with Crippen LogP contribution in [0.1, 0.15) is 18.1 Å². The second-order valence-electron chi connectivity index (χ2n) is 6.43. The Bertz CT molecular complexity index is 957. The van der Waals surface area contributed by atoms with Crippen molar-refractivity contribution < 1.29 is 9.90 Å². The second-order valence-corrected chi connectivity index (χ2v) is 7.74. The van der Waals surface area contributed by atoms with Gasteiger partial charge in [0.25, 0.3) is 0 Å². The number of fused-ring (bicyclic) bond motifs is 1. The van der Waals surface area contributed by atoms with Gasteiger partial charge in [0, 0.05) is 13.1 Å². The zero-order chi connectivity index (χ0) is 18.8. The van der Waals surface area contributed by atoms with E-state index in [4.69, 9.17) is 0 Å². The van der Waals surface area contributed by atoms with Gasteiger partial charge in [-0.05, 0) is 59.2 Å². The van der Waals surface area contributed by atoms with Crippen LogP contribution in [0.25, 0.3) is 5.69 Å². The van der Waals surface area contributed by atoms with Crippen molar-refractivity contribution in [3.05, 3.63) is 59.7 Å². The van der Waals surface area contributed by atoms with Crippen molar-refractivity contribution in [3.8, 4) is 11.4 Å². The predicted molar refractivity (Wildman–Crippen MR) is 102 cm³/mol. The minimum atomic E-state index is -0.308. The summed E-state index contributed by atoms with van der Waals surface area (Å²) in [6, 6.07) is 14.9. The summed E-state index contributed by atoms with van der Waals surface area (Å²) in [7, 11) is 0. The zero-order valence-corrected chi connectivity index (χ0v) is 15.6. The molecule has 0 aliphatic carbocycles. The Morgan fingerprint density at radius 1 is 1.15 bits per heavy atom. The molecule has 0 radical (unpaired) electrons. The van der Waals surface area contributed by atoms with E-state index in [1.807, 2.05) is 24.0 Å². The number of rotatable bonds is 4. The Kier molecular flexibility index (Phi) is 4.81. The largest absolute Gasteiger partial charge is 0.508 e. The van der Waals surface area contributed by atoms with Crippen molar-refractivity contribution in [1.82, 2.24) is 25.1 Å². The average Bonchev–Trinajstić information content (AvgIpc) is 3.15. The molecule has 0 spiro atoms. The van der Waals surface area contributed by atoms with Crippen LogP contribution in [0.2, 0.25) is 0 Å². The minimum absolute atomic E-state index is 0.0785. The van der Waals surface area contributed by atoms with Gasteiger partial charge in [0.15, 0.2) is 0 Å². The van der Waals surface area contributed by atoms with Gasteiger partial charge in [-0.1, -0.05) is 36.0 Å². The molecular formula is C19H19N5O2S. The van der Waals surface area contributed by atoms with E-state index in [0.29, 0.717) is 11.7 Å². The molecule has 4 rings (SSSR count). The molecule has 0 saturated heterocycles. The van der Waals surface area contributed by atoms with Crippen LogP contribution in [0, 0.1) is 0 Å². The Balaban J connectivity index is 1.47. The van der Waals surface area contributed by atoms with Gasteiger partial charge in [0.05, 0.1) is 10.9 Å². The van der Waals surface area contributed by atoms with Crippen LogP contribution in [-0.2, 0) is 17.8 Å². The highest BCUT2D eigenvalue weighted by Crippen LogP contribution is 2.27. The maximum absolute atomic E-state index is 12.9. The minimum Gasteiger partial charge on any atom is -0.508 e. The van der Waals surface area contributed by atoms with E-state index in [1.54, 1.807) is 28.9 Å². The summed E-state index contributed by atoms with van der Waals surface area (Å²) >= 11 is 1.33. The van der Waals surface area contributed by atoms with E-state index in [0.717, 1.165) is 18.7 Å². The third-order valence-corrected chi connectivity index (χ3v) is 5.63. The van der Waals surface area contributed by atoms with Crippen molar-refractivity contribution in [2.24, 2.45) is 0 Å².